The van der Waals surface area contributed by atoms with E-state index in [1.54, 1.807) is 16.7 Å². The number of hydrogen-bond donors (Lipinski definition) is 2. The van der Waals surface area contributed by atoms with Gasteiger partial charge in [0.25, 0.3) is 11.8 Å². The molecule has 2 heterocycles. The van der Waals surface area contributed by atoms with E-state index in [0.717, 1.165) is 17.7 Å². The Bertz CT molecular complexity index is 835. The number of amides is 2. The molecule has 3 N–H and O–H groups in total. The van der Waals surface area contributed by atoms with Gasteiger partial charge in [0.15, 0.2) is 6.04 Å². The molecule has 1 fully saturated rings. The number of rotatable bonds is 2. The van der Waals surface area contributed by atoms with Crippen LogP contribution in [-0.2, 0) is 4.79 Å². The lowest BCUT2D eigenvalue weighted by atomic mass is 10.0. The average molecular weight is 354 g/mol. The molecule has 1 atom stereocenters. The first-order valence-corrected chi connectivity index (χ1v) is 9.62. The molecule has 0 aromatic heterocycles. The second-order valence-electron chi connectivity index (χ2n) is 6.31. The molecule has 25 heavy (non-hydrogen) atoms. The van der Waals surface area contributed by atoms with Gasteiger partial charge in [-0.1, -0.05) is 18.2 Å². The van der Waals surface area contributed by atoms with Crippen molar-refractivity contribution in [2.24, 2.45) is 0 Å². The normalized spacial score (nSPS) is 19.7. The Balaban J connectivity index is 1.74. The Morgan fingerprint density at radius 2 is 1.88 bits per heavy atom. The zero-order chi connectivity index (χ0) is 17.4. The van der Waals surface area contributed by atoms with Crippen LogP contribution in [0.15, 0.2) is 47.4 Å². The number of carbonyl (C=O) groups excluding carboxylic acids is 2. The fourth-order valence-electron chi connectivity index (χ4n) is 3.44. The monoisotopic (exact) mass is 354 g/mol. The number of fused-ring (bicyclic) bond motifs is 2. The predicted molar refractivity (Wildman–Crippen MR) is 98.8 cm³/mol. The molecule has 6 heteroatoms. The van der Waals surface area contributed by atoms with Crippen LogP contribution in [0, 0.1) is 0 Å². The SMILES string of the molecule is CSc1ccc(-c2ccc3c(c2)C(=O)N2CC[NH2+]C[C@H]2C(=O)N3)cc1. The lowest BCUT2D eigenvalue weighted by Gasteiger charge is -2.30. The average Bonchev–Trinajstić information content (AvgIpc) is 2.77. The molecule has 128 valence electrons. The summed E-state index contributed by atoms with van der Waals surface area (Å²) in [6.07, 6.45) is 2.05. The van der Waals surface area contributed by atoms with Gasteiger partial charge in [0.2, 0.25) is 0 Å². The van der Waals surface area contributed by atoms with Crippen molar-refractivity contribution in [3.63, 3.8) is 0 Å². The molecule has 2 amide bonds. The minimum Gasteiger partial charge on any atom is -0.343 e. The molecule has 4 rings (SSSR count). The number of quaternary nitrogens is 1. The molecule has 0 aliphatic carbocycles. The van der Waals surface area contributed by atoms with Gasteiger partial charge in [-0.3, -0.25) is 9.59 Å². The number of anilines is 1. The molecule has 0 saturated carbocycles. The van der Waals surface area contributed by atoms with E-state index < -0.39 is 6.04 Å². The van der Waals surface area contributed by atoms with Crippen LogP contribution in [0.3, 0.4) is 0 Å². The van der Waals surface area contributed by atoms with Gasteiger partial charge in [0.05, 0.1) is 24.3 Å². The fourth-order valence-corrected chi connectivity index (χ4v) is 3.85. The number of thioether (sulfide) groups is 1. The summed E-state index contributed by atoms with van der Waals surface area (Å²) in [5.41, 5.74) is 3.22. The van der Waals surface area contributed by atoms with Crippen molar-refractivity contribution < 1.29 is 14.9 Å². The van der Waals surface area contributed by atoms with Gasteiger partial charge >= 0.3 is 0 Å². The number of nitrogens with two attached hydrogens (primary N) is 1. The van der Waals surface area contributed by atoms with Gasteiger partial charge in [-0.05, 0) is 41.6 Å². The molecule has 0 radical (unpaired) electrons. The molecule has 2 aromatic rings. The smallest absolute Gasteiger partial charge is 0.257 e. The van der Waals surface area contributed by atoms with E-state index >= 15 is 0 Å². The minimum absolute atomic E-state index is 0.0611. The second-order valence-corrected chi connectivity index (χ2v) is 7.19. The molecule has 0 unspecified atom stereocenters. The molecule has 2 aliphatic heterocycles. The topological polar surface area (TPSA) is 66.0 Å². The lowest BCUT2D eigenvalue weighted by molar-refractivity contribution is -0.665. The van der Waals surface area contributed by atoms with Gasteiger partial charge in [0, 0.05) is 4.90 Å². The van der Waals surface area contributed by atoms with E-state index in [9.17, 15) is 9.59 Å². The highest BCUT2D eigenvalue weighted by Crippen LogP contribution is 2.30. The van der Waals surface area contributed by atoms with Gasteiger partial charge in [-0.15, -0.1) is 11.8 Å². The van der Waals surface area contributed by atoms with Crippen molar-refractivity contribution >= 4 is 29.3 Å². The summed E-state index contributed by atoms with van der Waals surface area (Å²) in [4.78, 5) is 28.4. The Hall–Kier alpha value is -2.31. The van der Waals surface area contributed by atoms with Crippen LogP contribution in [0.2, 0.25) is 0 Å². The number of nitrogens with one attached hydrogen (secondary N) is 1. The van der Waals surface area contributed by atoms with E-state index in [4.69, 9.17) is 0 Å². The van der Waals surface area contributed by atoms with Crippen molar-refractivity contribution in [2.75, 3.05) is 31.2 Å². The molecule has 1 saturated heterocycles. The van der Waals surface area contributed by atoms with Crippen molar-refractivity contribution in [3.05, 3.63) is 48.0 Å². The highest BCUT2D eigenvalue weighted by atomic mass is 32.2. The summed E-state index contributed by atoms with van der Waals surface area (Å²) >= 11 is 1.70. The third-order valence-corrected chi connectivity index (χ3v) is 5.58. The summed E-state index contributed by atoms with van der Waals surface area (Å²) < 4.78 is 0. The van der Waals surface area contributed by atoms with Crippen LogP contribution < -0.4 is 10.6 Å². The van der Waals surface area contributed by atoms with Crippen LogP contribution in [0.5, 0.6) is 0 Å². The number of hydrogen-bond acceptors (Lipinski definition) is 3. The Morgan fingerprint density at radius 1 is 1.12 bits per heavy atom. The van der Waals surface area contributed by atoms with Crippen molar-refractivity contribution in [3.8, 4) is 11.1 Å². The van der Waals surface area contributed by atoms with Crippen LogP contribution in [0.25, 0.3) is 11.1 Å². The second kappa shape index (κ2) is 6.54. The van der Waals surface area contributed by atoms with Crippen LogP contribution in [-0.4, -0.2) is 48.6 Å². The van der Waals surface area contributed by atoms with E-state index in [1.807, 2.05) is 24.5 Å². The molecule has 2 aromatic carbocycles. The zero-order valence-corrected chi connectivity index (χ0v) is 14.8. The first-order chi connectivity index (χ1) is 12.2. The highest BCUT2D eigenvalue weighted by Gasteiger charge is 2.38. The van der Waals surface area contributed by atoms with E-state index in [-0.39, 0.29) is 11.8 Å². The van der Waals surface area contributed by atoms with Gasteiger partial charge < -0.3 is 15.5 Å². The van der Waals surface area contributed by atoms with Crippen LogP contribution in [0.4, 0.5) is 5.69 Å². The maximum Gasteiger partial charge on any atom is 0.257 e. The third-order valence-electron chi connectivity index (χ3n) is 4.83. The fraction of sp³-hybridized carbons (Fsp3) is 0.263. The van der Waals surface area contributed by atoms with Crippen LogP contribution >= 0.6 is 11.8 Å². The molecule has 2 aliphatic rings. The van der Waals surface area contributed by atoms with Crippen molar-refractivity contribution in [1.82, 2.24) is 4.90 Å². The summed E-state index contributed by atoms with van der Waals surface area (Å²) in [7, 11) is 0. The Kier molecular flexibility index (Phi) is 4.23. The lowest BCUT2D eigenvalue weighted by Crippen LogP contribution is -2.92. The summed E-state index contributed by atoms with van der Waals surface area (Å²) in [6, 6.07) is 13.6. The molecule has 5 nitrogen and oxygen atoms in total. The van der Waals surface area contributed by atoms with E-state index in [2.05, 4.69) is 34.9 Å². The Morgan fingerprint density at radius 3 is 2.64 bits per heavy atom. The largest absolute Gasteiger partial charge is 0.343 e. The first kappa shape index (κ1) is 16.2. The molecule has 0 spiro atoms. The quantitative estimate of drug-likeness (QED) is 0.802. The maximum atomic E-state index is 13.0. The van der Waals surface area contributed by atoms with Gasteiger partial charge in [0.1, 0.15) is 6.54 Å². The summed E-state index contributed by atoms with van der Waals surface area (Å²) in [5.74, 6) is -0.158. The zero-order valence-electron chi connectivity index (χ0n) is 14.0. The molecular weight excluding hydrogens is 334 g/mol. The summed E-state index contributed by atoms with van der Waals surface area (Å²) in [5, 5.41) is 5.01. The van der Waals surface area contributed by atoms with Gasteiger partial charge in [-0.2, -0.15) is 0 Å². The number of benzene rings is 2. The molecular formula is C19H20N3O2S+. The number of carbonyl (C=O) groups is 2. The first-order valence-electron chi connectivity index (χ1n) is 8.39. The van der Waals surface area contributed by atoms with Crippen molar-refractivity contribution in [1.29, 1.82) is 0 Å². The number of nitrogens with zero attached hydrogens (tertiary/aromatic N) is 1. The van der Waals surface area contributed by atoms with Gasteiger partial charge in [-0.25, -0.2) is 0 Å². The summed E-state index contributed by atoms with van der Waals surface area (Å²) in [6.45, 7) is 2.05. The third kappa shape index (κ3) is 2.92. The maximum absolute atomic E-state index is 13.0. The van der Waals surface area contributed by atoms with Crippen LogP contribution in [0.1, 0.15) is 10.4 Å². The predicted octanol–water partition coefficient (Wildman–Crippen LogP) is 1.42. The Labute approximate surface area is 150 Å². The minimum atomic E-state index is -0.391. The van der Waals surface area contributed by atoms with E-state index in [0.29, 0.717) is 24.3 Å². The van der Waals surface area contributed by atoms with Crippen molar-refractivity contribution in [2.45, 2.75) is 10.9 Å². The molecule has 0 bridgehead atoms. The highest BCUT2D eigenvalue weighted by molar-refractivity contribution is 7.98. The standard InChI is InChI=1S/C19H19N3O2S/c1-25-14-5-2-12(3-6-14)13-4-7-16-15(10-13)19(24)22-9-8-20-11-17(22)18(23)21-16/h2-7,10,17,20H,8-9,11H2,1H3,(H,21,23)/p+1/t17-/m0/s1. The van der Waals surface area contributed by atoms with E-state index in [1.165, 1.54) is 4.90 Å². The number of piperazine rings is 1.